The Morgan fingerprint density at radius 3 is 2.73 bits per heavy atom. The average Bonchev–Trinajstić information content (AvgIpc) is 3.16. The third-order valence-electron chi connectivity index (χ3n) is 5.95. The number of fused-ring (bicyclic) bond motifs is 1. The van der Waals surface area contributed by atoms with Gasteiger partial charge in [-0.05, 0) is 63.0 Å². The van der Waals surface area contributed by atoms with Gasteiger partial charge >= 0.3 is 6.09 Å². The van der Waals surface area contributed by atoms with Crippen LogP contribution in [0.15, 0.2) is 24.4 Å². The monoisotopic (exact) mass is 428 g/mol. The van der Waals surface area contributed by atoms with Crippen molar-refractivity contribution >= 4 is 29.0 Å². The second kappa shape index (κ2) is 8.73. The molecule has 2 N–H and O–H groups in total. The van der Waals surface area contributed by atoms with Crippen LogP contribution < -0.4 is 10.2 Å². The number of thiazole rings is 1. The lowest BCUT2D eigenvalue weighted by Crippen LogP contribution is -2.45. The van der Waals surface area contributed by atoms with E-state index in [-0.39, 0.29) is 18.0 Å². The van der Waals surface area contributed by atoms with E-state index in [9.17, 15) is 14.7 Å². The lowest BCUT2D eigenvalue weighted by Gasteiger charge is -2.39. The van der Waals surface area contributed by atoms with Crippen LogP contribution in [0.4, 0.5) is 10.5 Å². The highest BCUT2D eigenvalue weighted by Crippen LogP contribution is 2.40. The fraction of sp³-hybridized carbons (Fsp3) is 0.500. The number of carbonyl (C=O) groups excluding carboxylic acids is 1. The average molecular weight is 429 g/mol. The van der Waals surface area contributed by atoms with Crippen LogP contribution in [0.25, 0.3) is 10.6 Å². The normalized spacial score (nSPS) is 21.9. The van der Waals surface area contributed by atoms with E-state index in [1.54, 1.807) is 23.2 Å². The molecule has 2 amide bonds. The summed E-state index contributed by atoms with van der Waals surface area (Å²) in [5.74, 6) is -0.0386. The standard InChI is InChI=1S/C22H28N4O3S/c1-14-10-19(24-22(28)29)18-11-16(6-7-20(18)26(14)15(2)27)21-23-12-17(30-21)13-25-8-4-3-5-9-25/h6-7,11-12,14,19,24H,3-5,8-10,13H2,1-2H3,(H,28,29). The third-order valence-corrected chi connectivity index (χ3v) is 6.98. The second-order valence-corrected chi connectivity index (χ2v) is 9.33. The van der Waals surface area contributed by atoms with Gasteiger partial charge in [-0.1, -0.05) is 6.42 Å². The third kappa shape index (κ3) is 4.34. The molecule has 4 rings (SSSR count). The first-order valence-electron chi connectivity index (χ1n) is 10.5. The van der Waals surface area contributed by atoms with Gasteiger partial charge in [0, 0.05) is 41.8 Å². The van der Waals surface area contributed by atoms with Gasteiger partial charge in [-0.3, -0.25) is 9.69 Å². The van der Waals surface area contributed by atoms with Gasteiger partial charge < -0.3 is 15.3 Å². The van der Waals surface area contributed by atoms with E-state index in [1.165, 1.54) is 24.1 Å². The van der Waals surface area contributed by atoms with Crippen LogP contribution >= 0.6 is 11.3 Å². The predicted octanol–water partition coefficient (Wildman–Crippen LogP) is 4.25. The zero-order chi connectivity index (χ0) is 21.3. The summed E-state index contributed by atoms with van der Waals surface area (Å²) >= 11 is 1.68. The molecule has 1 saturated heterocycles. The maximum Gasteiger partial charge on any atom is 0.405 e. The molecule has 0 aliphatic carbocycles. The van der Waals surface area contributed by atoms with Gasteiger partial charge in [0.1, 0.15) is 5.01 Å². The number of carboxylic acid groups (broad SMARTS) is 1. The molecule has 2 atom stereocenters. The van der Waals surface area contributed by atoms with Crippen molar-refractivity contribution in [2.45, 2.75) is 58.2 Å². The lowest BCUT2D eigenvalue weighted by atomic mass is 9.90. The summed E-state index contributed by atoms with van der Waals surface area (Å²) in [6.45, 7) is 6.72. The Hall–Kier alpha value is -2.45. The Morgan fingerprint density at radius 1 is 1.27 bits per heavy atom. The van der Waals surface area contributed by atoms with E-state index < -0.39 is 6.09 Å². The van der Waals surface area contributed by atoms with Gasteiger partial charge in [0.15, 0.2) is 0 Å². The van der Waals surface area contributed by atoms with Crippen molar-refractivity contribution in [2.24, 2.45) is 0 Å². The SMILES string of the molecule is CC(=O)N1c2ccc(-c3ncc(CN4CCCCC4)s3)cc2C(NC(=O)O)CC1C. The molecule has 0 radical (unpaired) electrons. The number of piperidine rings is 1. The molecule has 1 fully saturated rings. The summed E-state index contributed by atoms with van der Waals surface area (Å²) in [5, 5.41) is 12.8. The van der Waals surface area contributed by atoms with Gasteiger partial charge in [0.25, 0.3) is 0 Å². The molecule has 1 aromatic carbocycles. The zero-order valence-corrected chi connectivity index (χ0v) is 18.2. The van der Waals surface area contributed by atoms with E-state index in [1.807, 2.05) is 31.3 Å². The smallest absolute Gasteiger partial charge is 0.405 e. The fourth-order valence-corrected chi connectivity index (χ4v) is 5.57. The van der Waals surface area contributed by atoms with Crippen molar-refractivity contribution < 1.29 is 14.7 Å². The maximum absolute atomic E-state index is 12.2. The number of likely N-dealkylation sites (tertiary alicyclic amines) is 1. The Balaban J connectivity index is 1.63. The van der Waals surface area contributed by atoms with Crippen molar-refractivity contribution in [3.8, 4) is 10.6 Å². The first-order chi connectivity index (χ1) is 14.4. The van der Waals surface area contributed by atoms with Gasteiger partial charge in [-0.25, -0.2) is 9.78 Å². The van der Waals surface area contributed by atoms with Crippen LogP contribution in [-0.4, -0.2) is 46.1 Å². The van der Waals surface area contributed by atoms with Crippen molar-refractivity contribution in [2.75, 3.05) is 18.0 Å². The van der Waals surface area contributed by atoms with E-state index >= 15 is 0 Å². The molecule has 2 aliphatic heterocycles. The first kappa shape index (κ1) is 20.8. The van der Waals surface area contributed by atoms with E-state index in [0.29, 0.717) is 6.42 Å². The molecule has 2 aromatic rings. The Bertz CT molecular complexity index is 938. The zero-order valence-electron chi connectivity index (χ0n) is 17.4. The number of hydrogen-bond donors (Lipinski definition) is 2. The highest BCUT2D eigenvalue weighted by molar-refractivity contribution is 7.15. The van der Waals surface area contributed by atoms with Crippen molar-refractivity contribution in [3.05, 3.63) is 34.8 Å². The number of anilines is 1. The number of nitrogens with zero attached hydrogens (tertiary/aromatic N) is 3. The van der Waals surface area contributed by atoms with Gasteiger partial charge in [0.2, 0.25) is 5.91 Å². The van der Waals surface area contributed by atoms with Crippen molar-refractivity contribution in [1.82, 2.24) is 15.2 Å². The summed E-state index contributed by atoms with van der Waals surface area (Å²) in [6, 6.07) is 5.46. The number of benzene rings is 1. The molecule has 2 unspecified atom stereocenters. The molecule has 2 aliphatic rings. The molecule has 0 spiro atoms. The summed E-state index contributed by atoms with van der Waals surface area (Å²) in [5.41, 5.74) is 2.56. The molecule has 0 saturated carbocycles. The number of nitrogens with one attached hydrogen (secondary N) is 1. The van der Waals surface area contributed by atoms with E-state index in [2.05, 4.69) is 15.2 Å². The highest BCUT2D eigenvalue weighted by atomic mass is 32.1. The largest absolute Gasteiger partial charge is 0.465 e. The van der Waals surface area contributed by atoms with E-state index in [4.69, 9.17) is 0 Å². The molecule has 3 heterocycles. The van der Waals surface area contributed by atoms with Crippen LogP contribution in [0.5, 0.6) is 0 Å². The molecule has 0 bridgehead atoms. The number of aromatic nitrogens is 1. The minimum Gasteiger partial charge on any atom is -0.465 e. The van der Waals surface area contributed by atoms with Gasteiger partial charge in [0.05, 0.1) is 6.04 Å². The summed E-state index contributed by atoms with van der Waals surface area (Å²) in [7, 11) is 0. The number of carbonyl (C=O) groups is 2. The van der Waals surface area contributed by atoms with Gasteiger partial charge in [-0.15, -0.1) is 11.3 Å². The summed E-state index contributed by atoms with van der Waals surface area (Å²) in [4.78, 5) is 33.7. The maximum atomic E-state index is 12.2. The Kier molecular flexibility index (Phi) is 6.06. The van der Waals surface area contributed by atoms with Crippen LogP contribution in [0.2, 0.25) is 0 Å². The first-order valence-corrected chi connectivity index (χ1v) is 11.3. The minimum absolute atomic E-state index is 0.0386. The minimum atomic E-state index is -1.06. The molecule has 8 heteroatoms. The Morgan fingerprint density at radius 2 is 2.03 bits per heavy atom. The number of amides is 2. The topological polar surface area (TPSA) is 85.8 Å². The molecule has 1 aromatic heterocycles. The van der Waals surface area contributed by atoms with E-state index in [0.717, 1.165) is 41.5 Å². The Labute approximate surface area is 180 Å². The molecular weight excluding hydrogens is 400 g/mol. The summed E-state index contributed by atoms with van der Waals surface area (Å²) < 4.78 is 0. The molecule has 30 heavy (non-hydrogen) atoms. The van der Waals surface area contributed by atoms with Gasteiger partial charge in [-0.2, -0.15) is 0 Å². The van der Waals surface area contributed by atoms with Crippen LogP contribution in [0.3, 0.4) is 0 Å². The number of hydrogen-bond acceptors (Lipinski definition) is 5. The van der Waals surface area contributed by atoms with Crippen molar-refractivity contribution in [1.29, 1.82) is 0 Å². The predicted molar refractivity (Wildman–Crippen MR) is 118 cm³/mol. The quantitative estimate of drug-likeness (QED) is 0.760. The summed E-state index contributed by atoms with van der Waals surface area (Å²) in [6.07, 6.45) is 5.28. The molecule has 160 valence electrons. The van der Waals surface area contributed by atoms with Crippen LogP contribution in [0.1, 0.15) is 56.0 Å². The molecule has 7 nitrogen and oxygen atoms in total. The molecular formula is C22H28N4O3S. The van der Waals surface area contributed by atoms with Crippen LogP contribution in [-0.2, 0) is 11.3 Å². The highest BCUT2D eigenvalue weighted by Gasteiger charge is 2.33. The van der Waals surface area contributed by atoms with Crippen LogP contribution in [0, 0.1) is 0 Å². The van der Waals surface area contributed by atoms with Crippen molar-refractivity contribution in [3.63, 3.8) is 0 Å². The number of rotatable bonds is 4. The second-order valence-electron chi connectivity index (χ2n) is 8.22. The fourth-order valence-electron chi connectivity index (χ4n) is 4.61. The lowest BCUT2D eigenvalue weighted by molar-refractivity contribution is -0.117.